The van der Waals surface area contributed by atoms with Gasteiger partial charge in [-0.1, -0.05) is 46.8 Å². The molecule has 0 unspecified atom stereocenters. The molecular weight excluding hydrogens is 380 g/mol. The van der Waals surface area contributed by atoms with Crippen LogP contribution in [0.4, 0.5) is 0 Å². The van der Waals surface area contributed by atoms with Gasteiger partial charge in [-0.05, 0) is 30.3 Å². The Balaban J connectivity index is 2.17. The number of hydrogen-bond acceptors (Lipinski definition) is 4. The van der Waals surface area contributed by atoms with Gasteiger partial charge in [0.05, 0.1) is 11.1 Å². The van der Waals surface area contributed by atoms with Crippen LogP contribution in [0.3, 0.4) is 0 Å². The first-order valence-electron chi connectivity index (χ1n) is 6.66. The molecule has 0 aliphatic heterocycles. The van der Waals surface area contributed by atoms with Crippen molar-refractivity contribution < 1.29 is 13.2 Å². The normalized spacial score (nSPS) is 11.3. The summed E-state index contributed by atoms with van der Waals surface area (Å²) in [4.78, 5) is 2.32. The summed E-state index contributed by atoms with van der Waals surface area (Å²) in [7, 11) is -3.69. The van der Waals surface area contributed by atoms with Crippen LogP contribution in [0.5, 0.6) is 5.75 Å². The minimum Gasteiger partial charge on any atom is -0.489 e. The highest BCUT2D eigenvalue weighted by atomic mass is 79.9. The maximum atomic E-state index is 12.1. The number of hydrazone groups is 1. The molecule has 7 heteroatoms. The Morgan fingerprint density at radius 2 is 1.96 bits per heavy atom. The Bertz CT molecular complexity index is 805. The van der Waals surface area contributed by atoms with E-state index in [1.54, 1.807) is 36.4 Å². The van der Waals surface area contributed by atoms with Gasteiger partial charge in [-0.3, -0.25) is 0 Å². The van der Waals surface area contributed by atoms with Crippen molar-refractivity contribution in [2.45, 2.75) is 4.90 Å². The Hall–Kier alpha value is -2.12. The molecule has 23 heavy (non-hydrogen) atoms. The van der Waals surface area contributed by atoms with E-state index in [9.17, 15) is 8.42 Å². The Labute approximate surface area is 143 Å². The number of benzene rings is 2. The minimum atomic E-state index is -3.69. The SMILES string of the molecule is C=CCOc1ccc(Br)cc1C=NNS(=O)(=O)c1ccccc1. The number of hydrogen-bond donors (Lipinski definition) is 1. The summed E-state index contributed by atoms with van der Waals surface area (Å²) >= 11 is 3.36. The number of rotatable bonds is 7. The first kappa shape index (κ1) is 17.2. The third kappa shape index (κ3) is 4.94. The van der Waals surface area contributed by atoms with Crippen molar-refractivity contribution in [1.29, 1.82) is 0 Å². The molecule has 5 nitrogen and oxygen atoms in total. The fraction of sp³-hybridized carbons (Fsp3) is 0.0625. The molecule has 2 aromatic carbocycles. The van der Waals surface area contributed by atoms with Gasteiger partial charge in [0.2, 0.25) is 0 Å². The van der Waals surface area contributed by atoms with E-state index in [1.807, 2.05) is 6.07 Å². The molecule has 0 bridgehead atoms. The van der Waals surface area contributed by atoms with Crippen LogP contribution in [0.2, 0.25) is 0 Å². The summed E-state index contributed by atoms with van der Waals surface area (Å²) in [5, 5.41) is 3.81. The predicted molar refractivity (Wildman–Crippen MR) is 94.2 cm³/mol. The van der Waals surface area contributed by atoms with E-state index < -0.39 is 10.0 Å². The van der Waals surface area contributed by atoms with E-state index in [-0.39, 0.29) is 4.90 Å². The van der Waals surface area contributed by atoms with Gasteiger partial charge in [-0.2, -0.15) is 13.5 Å². The zero-order chi connectivity index (χ0) is 16.7. The largest absolute Gasteiger partial charge is 0.489 e. The minimum absolute atomic E-state index is 0.148. The van der Waals surface area contributed by atoms with Crippen molar-refractivity contribution in [3.8, 4) is 5.75 Å². The number of ether oxygens (including phenoxy) is 1. The van der Waals surface area contributed by atoms with Crippen molar-refractivity contribution in [2.24, 2.45) is 5.10 Å². The lowest BCUT2D eigenvalue weighted by Crippen LogP contribution is -2.18. The highest BCUT2D eigenvalue weighted by Crippen LogP contribution is 2.21. The smallest absolute Gasteiger partial charge is 0.276 e. The molecule has 0 aliphatic carbocycles. The zero-order valence-corrected chi connectivity index (χ0v) is 14.5. The monoisotopic (exact) mass is 394 g/mol. The van der Waals surface area contributed by atoms with E-state index >= 15 is 0 Å². The standard InChI is InChI=1S/C16H15BrN2O3S/c1-2-10-22-16-9-8-14(17)11-13(16)12-18-19-23(20,21)15-6-4-3-5-7-15/h2-9,11-12,19H,1,10H2. The zero-order valence-electron chi connectivity index (χ0n) is 12.1. The van der Waals surface area contributed by atoms with Gasteiger partial charge in [0, 0.05) is 10.0 Å². The highest BCUT2D eigenvalue weighted by molar-refractivity contribution is 9.10. The first-order chi connectivity index (χ1) is 11.0. The molecule has 0 saturated carbocycles. The van der Waals surface area contributed by atoms with E-state index in [2.05, 4.69) is 32.4 Å². The fourth-order valence-corrected chi connectivity index (χ4v) is 2.91. The van der Waals surface area contributed by atoms with Crippen LogP contribution in [-0.2, 0) is 10.0 Å². The Morgan fingerprint density at radius 1 is 1.22 bits per heavy atom. The van der Waals surface area contributed by atoms with E-state index in [0.29, 0.717) is 17.9 Å². The van der Waals surface area contributed by atoms with Gasteiger partial charge in [-0.25, -0.2) is 4.83 Å². The average Bonchev–Trinajstić information content (AvgIpc) is 2.55. The van der Waals surface area contributed by atoms with Gasteiger partial charge in [0.1, 0.15) is 12.4 Å². The number of sulfonamides is 1. The van der Waals surface area contributed by atoms with Crippen LogP contribution in [0, 0.1) is 0 Å². The van der Waals surface area contributed by atoms with Crippen molar-refractivity contribution in [1.82, 2.24) is 4.83 Å². The summed E-state index contributed by atoms with van der Waals surface area (Å²) in [6, 6.07) is 13.4. The summed E-state index contributed by atoms with van der Waals surface area (Å²) < 4.78 is 30.5. The predicted octanol–water partition coefficient (Wildman–Crippen LogP) is 3.33. The quantitative estimate of drug-likeness (QED) is 0.444. The molecule has 2 rings (SSSR count). The number of nitrogens with zero attached hydrogens (tertiary/aromatic N) is 1. The lowest BCUT2D eigenvalue weighted by molar-refractivity contribution is 0.362. The number of halogens is 1. The molecule has 0 aliphatic rings. The van der Waals surface area contributed by atoms with Gasteiger partial charge < -0.3 is 4.74 Å². The second-order valence-corrected chi connectivity index (χ2v) is 7.02. The Morgan fingerprint density at radius 3 is 2.65 bits per heavy atom. The summed E-state index contributed by atoms with van der Waals surface area (Å²) in [5.41, 5.74) is 0.636. The third-order valence-corrected chi connectivity index (χ3v) is 4.49. The molecule has 0 heterocycles. The maximum Gasteiger partial charge on any atom is 0.276 e. The third-order valence-electron chi connectivity index (χ3n) is 2.76. The van der Waals surface area contributed by atoms with Crippen LogP contribution in [0.25, 0.3) is 0 Å². The summed E-state index contributed by atoms with van der Waals surface area (Å²) in [6.45, 7) is 3.94. The molecule has 0 atom stereocenters. The lowest BCUT2D eigenvalue weighted by Gasteiger charge is -2.07. The first-order valence-corrected chi connectivity index (χ1v) is 8.94. The van der Waals surface area contributed by atoms with Crippen molar-refractivity contribution in [2.75, 3.05) is 6.61 Å². The molecule has 1 N–H and O–H groups in total. The summed E-state index contributed by atoms with van der Waals surface area (Å²) in [5.74, 6) is 0.579. The van der Waals surface area contributed by atoms with Crippen molar-refractivity contribution >= 4 is 32.2 Å². The van der Waals surface area contributed by atoms with Gasteiger partial charge in [-0.15, -0.1) is 0 Å². The van der Waals surface area contributed by atoms with Crippen molar-refractivity contribution in [3.05, 3.63) is 71.2 Å². The Kier molecular flexibility index (Phi) is 5.95. The molecular formula is C16H15BrN2O3S. The second kappa shape index (κ2) is 7.94. The van der Waals surface area contributed by atoms with E-state index in [0.717, 1.165) is 4.47 Å². The lowest BCUT2D eigenvalue weighted by atomic mass is 10.2. The maximum absolute atomic E-state index is 12.1. The van der Waals surface area contributed by atoms with Gasteiger partial charge >= 0.3 is 0 Å². The van der Waals surface area contributed by atoms with Gasteiger partial charge in [0.25, 0.3) is 10.0 Å². The fourth-order valence-electron chi connectivity index (χ4n) is 1.72. The van der Waals surface area contributed by atoms with E-state index in [1.165, 1.54) is 18.3 Å². The molecule has 0 aromatic heterocycles. The van der Waals surface area contributed by atoms with E-state index in [4.69, 9.17) is 4.74 Å². The average molecular weight is 395 g/mol. The van der Waals surface area contributed by atoms with Crippen molar-refractivity contribution in [3.63, 3.8) is 0 Å². The molecule has 0 saturated heterocycles. The molecule has 0 spiro atoms. The van der Waals surface area contributed by atoms with Crippen LogP contribution in [0.15, 0.2) is 75.7 Å². The van der Waals surface area contributed by atoms with Crippen LogP contribution < -0.4 is 9.57 Å². The second-order valence-electron chi connectivity index (χ2n) is 4.45. The van der Waals surface area contributed by atoms with Crippen LogP contribution in [0.1, 0.15) is 5.56 Å². The molecule has 0 amide bonds. The van der Waals surface area contributed by atoms with Crippen LogP contribution >= 0.6 is 15.9 Å². The molecule has 0 fully saturated rings. The molecule has 2 aromatic rings. The number of nitrogens with one attached hydrogen (secondary N) is 1. The van der Waals surface area contributed by atoms with Crippen LogP contribution in [-0.4, -0.2) is 21.2 Å². The van der Waals surface area contributed by atoms with Gasteiger partial charge in [0.15, 0.2) is 0 Å². The topological polar surface area (TPSA) is 67.8 Å². The molecule has 120 valence electrons. The molecule has 0 radical (unpaired) electrons. The summed E-state index contributed by atoms with van der Waals surface area (Å²) in [6.07, 6.45) is 3.02. The highest BCUT2D eigenvalue weighted by Gasteiger charge is 2.11.